The van der Waals surface area contributed by atoms with Crippen LogP contribution in [0.25, 0.3) is 10.8 Å². The van der Waals surface area contributed by atoms with Crippen molar-refractivity contribution in [3.8, 4) is 0 Å². The molecule has 0 saturated carbocycles. The highest BCUT2D eigenvalue weighted by atomic mass is 33.1. The van der Waals surface area contributed by atoms with Crippen LogP contribution in [0.5, 0.6) is 0 Å². The monoisotopic (exact) mass is 419 g/mol. The van der Waals surface area contributed by atoms with Crippen LogP contribution >= 0.6 is 21.6 Å². The lowest BCUT2D eigenvalue weighted by Crippen LogP contribution is -2.26. The maximum atomic E-state index is 12.8. The van der Waals surface area contributed by atoms with Gasteiger partial charge < -0.3 is 4.90 Å². The molecule has 0 aliphatic heterocycles. The van der Waals surface area contributed by atoms with Gasteiger partial charge in [-0.15, -0.1) is 0 Å². The van der Waals surface area contributed by atoms with Crippen LogP contribution in [0.1, 0.15) is 0 Å². The van der Waals surface area contributed by atoms with E-state index in [9.17, 15) is 8.42 Å². The average molecular weight is 420 g/mol. The minimum absolute atomic E-state index is 0.311. The van der Waals surface area contributed by atoms with Crippen molar-refractivity contribution >= 4 is 48.1 Å². The molecule has 1 heterocycles. The predicted octanol–water partition coefficient (Wildman–Crippen LogP) is 4.02. The smallest absolute Gasteiger partial charge is 0.241 e. The highest BCUT2D eigenvalue weighted by molar-refractivity contribution is 8.76. The second kappa shape index (κ2) is 8.97. The number of rotatable bonds is 8. The van der Waals surface area contributed by atoms with Crippen LogP contribution in [0, 0.1) is 0 Å². The quantitative estimate of drug-likeness (QED) is 0.440. The highest BCUT2D eigenvalue weighted by Crippen LogP contribution is 2.31. The molecular weight excluding hydrogens is 398 g/mol. The zero-order chi connectivity index (χ0) is 19.3. The normalized spacial score (nSPS) is 11.6. The molecule has 0 fully saturated rings. The number of hydrogen-bond donors (Lipinski definition) is 1. The number of hydrogen-bond acceptors (Lipinski definition) is 6. The summed E-state index contributed by atoms with van der Waals surface area (Å²) in [6.45, 7) is 0.358. The van der Waals surface area contributed by atoms with Gasteiger partial charge in [0.2, 0.25) is 10.0 Å². The molecule has 8 heteroatoms. The number of pyridine rings is 1. The lowest BCUT2D eigenvalue weighted by molar-refractivity contribution is 0.585. The van der Waals surface area contributed by atoms with Crippen molar-refractivity contribution in [2.75, 3.05) is 31.3 Å². The van der Waals surface area contributed by atoms with Gasteiger partial charge in [-0.05, 0) is 35.1 Å². The third-order valence-electron chi connectivity index (χ3n) is 3.89. The molecule has 3 rings (SSSR count). The van der Waals surface area contributed by atoms with Crippen LogP contribution in [-0.2, 0) is 10.0 Å². The third-order valence-corrected chi connectivity index (χ3v) is 7.68. The van der Waals surface area contributed by atoms with Crippen LogP contribution in [-0.4, -0.2) is 39.8 Å². The fraction of sp³-hybridized carbons (Fsp3) is 0.211. The van der Waals surface area contributed by atoms with Crippen molar-refractivity contribution in [3.05, 3.63) is 60.8 Å². The van der Waals surface area contributed by atoms with Gasteiger partial charge in [0.25, 0.3) is 0 Å². The van der Waals surface area contributed by atoms with E-state index in [-0.39, 0.29) is 0 Å². The number of anilines is 1. The van der Waals surface area contributed by atoms with E-state index in [1.54, 1.807) is 29.1 Å². The summed E-state index contributed by atoms with van der Waals surface area (Å²) < 4.78 is 28.3. The SMILES string of the molecule is CN(C)c1cccc2c(S(=O)(=O)NCCSSc3ccccn3)cccc12. The van der Waals surface area contributed by atoms with Gasteiger partial charge in [-0.2, -0.15) is 0 Å². The maximum Gasteiger partial charge on any atom is 0.241 e. The van der Waals surface area contributed by atoms with Crippen LogP contribution in [0.3, 0.4) is 0 Å². The largest absolute Gasteiger partial charge is 0.377 e. The van der Waals surface area contributed by atoms with Crippen molar-refractivity contribution in [3.63, 3.8) is 0 Å². The standard InChI is InChI=1S/C19H21N3O2S3/c1-22(2)17-9-5-8-16-15(17)7-6-10-18(16)27(23,24)21-13-14-25-26-19-11-3-4-12-20-19/h3-12,21H,13-14H2,1-2H3. The summed E-state index contributed by atoms with van der Waals surface area (Å²) in [4.78, 5) is 6.52. The van der Waals surface area contributed by atoms with E-state index < -0.39 is 10.0 Å². The van der Waals surface area contributed by atoms with Gasteiger partial charge in [0.1, 0.15) is 5.03 Å². The molecule has 3 aromatic rings. The van der Waals surface area contributed by atoms with E-state index in [4.69, 9.17) is 0 Å². The number of aromatic nitrogens is 1. The molecule has 0 spiro atoms. The van der Waals surface area contributed by atoms with Crippen LogP contribution in [0.4, 0.5) is 5.69 Å². The van der Waals surface area contributed by atoms with Gasteiger partial charge in [-0.1, -0.05) is 41.1 Å². The fourth-order valence-corrected chi connectivity index (χ4v) is 5.85. The molecule has 5 nitrogen and oxygen atoms in total. The van der Waals surface area contributed by atoms with Gasteiger partial charge in [0, 0.05) is 49.0 Å². The van der Waals surface area contributed by atoms with Crippen LogP contribution in [0.2, 0.25) is 0 Å². The number of nitrogens with zero attached hydrogens (tertiary/aromatic N) is 2. The highest BCUT2D eigenvalue weighted by Gasteiger charge is 2.18. The van der Waals surface area contributed by atoms with Gasteiger partial charge in [-0.3, -0.25) is 0 Å². The van der Waals surface area contributed by atoms with E-state index in [1.165, 1.54) is 10.8 Å². The van der Waals surface area contributed by atoms with Crippen molar-refractivity contribution in [1.82, 2.24) is 9.71 Å². The summed E-state index contributed by atoms with van der Waals surface area (Å²) in [6.07, 6.45) is 1.74. The molecule has 0 radical (unpaired) electrons. The Morgan fingerprint density at radius 2 is 1.78 bits per heavy atom. The van der Waals surface area contributed by atoms with Gasteiger partial charge >= 0.3 is 0 Å². The van der Waals surface area contributed by atoms with Gasteiger partial charge in [0.15, 0.2) is 0 Å². The van der Waals surface area contributed by atoms with E-state index in [2.05, 4.69) is 9.71 Å². The Bertz CT molecular complexity index is 1010. The lowest BCUT2D eigenvalue weighted by Gasteiger charge is -2.17. The van der Waals surface area contributed by atoms with Crippen LogP contribution in [0.15, 0.2) is 70.7 Å². The Hall–Kier alpha value is -1.74. The van der Waals surface area contributed by atoms with Gasteiger partial charge in [-0.25, -0.2) is 18.1 Å². The van der Waals surface area contributed by atoms with Crippen molar-refractivity contribution in [2.24, 2.45) is 0 Å². The Morgan fingerprint density at radius 1 is 1.00 bits per heavy atom. The number of nitrogens with one attached hydrogen (secondary N) is 1. The molecule has 142 valence electrons. The second-order valence-electron chi connectivity index (χ2n) is 5.99. The molecule has 0 atom stereocenters. The number of fused-ring (bicyclic) bond motifs is 1. The van der Waals surface area contributed by atoms with Crippen molar-refractivity contribution in [1.29, 1.82) is 0 Å². The Kier molecular flexibility index (Phi) is 6.64. The minimum Gasteiger partial charge on any atom is -0.377 e. The third kappa shape index (κ3) is 4.95. The Balaban J connectivity index is 1.69. The summed E-state index contributed by atoms with van der Waals surface area (Å²) in [7, 11) is 3.43. The minimum atomic E-state index is -3.58. The van der Waals surface area contributed by atoms with E-state index in [1.807, 2.05) is 61.5 Å². The molecule has 0 aliphatic carbocycles. The molecule has 1 aromatic heterocycles. The molecule has 0 amide bonds. The zero-order valence-electron chi connectivity index (χ0n) is 15.1. The Morgan fingerprint density at radius 3 is 2.52 bits per heavy atom. The molecule has 0 bridgehead atoms. The summed E-state index contributed by atoms with van der Waals surface area (Å²) in [5.41, 5.74) is 0.992. The van der Waals surface area contributed by atoms with Crippen molar-refractivity contribution in [2.45, 2.75) is 9.92 Å². The molecule has 2 aromatic carbocycles. The molecule has 0 aliphatic rings. The topological polar surface area (TPSA) is 62.3 Å². The average Bonchev–Trinajstić information content (AvgIpc) is 2.67. The fourth-order valence-electron chi connectivity index (χ4n) is 2.68. The van der Waals surface area contributed by atoms with Crippen molar-refractivity contribution < 1.29 is 8.42 Å². The molecular formula is C19H21N3O2S3. The first-order chi connectivity index (χ1) is 13.0. The molecule has 0 saturated heterocycles. The zero-order valence-corrected chi connectivity index (χ0v) is 17.6. The summed E-state index contributed by atoms with van der Waals surface area (Å²) in [6, 6.07) is 16.8. The molecule has 0 unspecified atom stereocenters. The summed E-state index contributed by atoms with van der Waals surface area (Å²) >= 11 is 0. The summed E-state index contributed by atoms with van der Waals surface area (Å²) in [5.74, 6) is 0.647. The van der Waals surface area contributed by atoms with E-state index >= 15 is 0 Å². The Labute approximate surface area is 168 Å². The first-order valence-electron chi connectivity index (χ1n) is 8.38. The summed E-state index contributed by atoms with van der Waals surface area (Å²) in [5, 5.41) is 2.56. The maximum absolute atomic E-state index is 12.8. The predicted molar refractivity (Wildman–Crippen MR) is 116 cm³/mol. The number of benzene rings is 2. The van der Waals surface area contributed by atoms with E-state index in [0.717, 1.165) is 21.5 Å². The lowest BCUT2D eigenvalue weighted by atomic mass is 10.1. The number of sulfonamides is 1. The first-order valence-corrected chi connectivity index (χ1v) is 12.2. The molecule has 27 heavy (non-hydrogen) atoms. The first kappa shape index (κ1) is 20.0. The van der Waals surface area contributed by atoms with Crippen LogP contribution < -0.4 is 9.62 Å². The van der Waals surface area contributed by atoms with E-state index in [0.29, 0.717) is 17.2 Å². The second-order valence-corrected chi connectivity index (χ2v) is 10.2. The van der Waals surface area contributed by atoms with Gasteiger partial charge in [0.05, 0.1) is 4.90 Å². The molecule has 1 N–H and O–H groups in total.